The lowest BCUT2D eigenvalue weighted by molar-refractivity contribution is 0.370. The summed E-state index contributed by atoms with van der Waals surface area (Å²) in [5.41, 5.74) is 1.55. The van der Waals surface area contributed by atoms with Crippen molar-refractivity contribution in [3.63, 3.8) is 0 Å². The Balaban J connectivity index is 1.95. The lowest BCUT2D eigenvalue weighted by atomic mass is 10.4. The predicted molar refractivity (Wildman–Crippen MR) is 75.0 cm³/mol. The Morgan fingerprint density at radius 2 is 2.15 bits per heavy atom. The third-order valence-electron chi connectivity index (χ3n) is 2.90. The standard InChI is InChI=1S/C12H11Cl2N5O/c13-3-1-10-18-9-5-8(14)6-15-12(9)19(10)4-2-11-16-7-17-20-11/h5-7H,1-4H2. The van der Waals surface area contributed by atoms with Gasteiger partial charge in [-0.1, -0.05) is 16.8 Å². The van der Waals surface area contributed by atoms with Crippen LogP contribution in [0, 0.1) is 0 Å². The van der Waals surface area contributed by atoms with Crippen LogP contribution in [0.25, 0.3) is 11.2 Å². The molecule has 0 saturated carbocycles. The zero-order valence-electron chi connectivity index (χ0n) is 10.5. The molecule has 0 atom stereocenters. The number of hydrogen-bond donors (Lipinski definition) is 0. The van der Waals surface area contributed by atoms with Gasteiger partial charge in [-0.05, 0) is 6.07 Å². The summed E-state index contributed by atoms with van der Waals surface area (Å²) in [7, 11) is 0. The molecule has 0 aliphatic carbocycles. The summed E-state index contributed by atoms with van der Waals surface area (Å²) in [4.78, 5) is 12.9. The normalized spacial score (nSPS) is 11.3. The van der Waals surface area contributed by atoms with Gasteiger partial charge >= 0.3 is 0 Å². The first-order valence-electron chi connectivity index (χ1n) is 6.10. The third kappa shape index (κ3) is 2.62. The first-order chi connectivity index (χ1) is 9.78. The van der Waals surface area contributed by atoms with E-state index < -0.39 is 0 Å². The Morgan fingerprint density at radius 3 is 2.90 bits per heavy atom. The summed E-state index contributed by atoms with van der Waals surface area (Å²) in [6, 6.07) is 1.80. The molecule has 0 spiro atoms. The summed E-state index contributed by atoms with van der Waals surface area (Å²) in [5.74, 6) is 1.96. The van der Waals surface area contributed by atoms with Crippen LogP contribution in [-0.4, -0.2) is 30.6 Å². The van der Waals surface area contributed by atoms with Crippen LogP contribution in [0.15, 0.2) is 23.1 Å². The van der Waals surface area contributed by atoms with Crippen LogP contribution in [0.2, 0.25) is 5.02 Å². The Labute approximate surface area is 124 Å². The molecule has 8 heteroatoms. The van der Waals surface area contributed by atoms with Crippen molar-refractivity contribution in [2.75, 3.05) is 5.88 Å². The van der Waals surface area contributed by atoms with Gasteiger partial charge in [0.15, 0.2) is 12.0 Å². The number of alkyl halides is 1. The average Bonchev–Trinajstić information content (AvgIpc) is 3.04. The van der Waals surface area contributed by atoms with E-state index in [0.29, 0.717) is 36.2 Å². The summed E-state index contributed by atoms with van der Waals surface area (Å²) in [6.45, 7) is 0.652. The van der Waals surface area contributed by atoms with Crippen molar-refractivity contribution >= 4 is 34.4 Å². The van der Waals surface area contributed by atoms with E-state index in [1.807, 2.05) is 4.57 Å². The van der Waals surface area contributed by atoms with Crippen molar-refractivity contribution in [3.05, 3.63) is 35.3 Å². The van der Waals surface area contributed by atoms with E-state index in [1.54, 1.807) is 12.3 Å². The van der Waals surface area contributed by atoms with E-state index in [4.69, 9.17) is 27.7 Å². The molecule has 0 amide bonds. The monoisotopic (exact) mass is 311 g/mol. The van der Waals surface area contributed by atoms with Gasteiger partial charge in [-0.25, -0.2) is 9.97 Å². The highest BCUT2D eigenvalue weighted by molar-refractivity contribution is 6.31. The topological polar surface area (TPSA) is 69.6 Å². The zero-order chi connectivity index (χ0) is 13.9. The fourth-order valence-electron chi connectivity index (χ4n) is 2.06. The van der Waals surface area contributed by atoms with Gasteiger partial charge in [0.05, 0.1) is 5.02 Å². The van der Waals surface area contributed by atoms with E-state index in [1.165, 1.54) is 6.33 Å². The number of aryl methyl sites for hydroxylation is 3. The highest BCUT2D eigenvalue weighted by Gasteiger charge is 2.13. The van der Waals surface area contributed by atoms with Gasteiger partial charge < -0.3 is 9.09 Å². The maximum atomic E-state index is 5.94. The molecule has 20 heavy (non-hydrogen) atoms. The number of rotatable bonds is 5. The minimum atomic E-state index is 0.498. The molecular formula is C12H11Cl2N5O. The van der Waals surface area contributed by atoms with Crippen LogP contribution in [0.3, 0.4) is 0 Å². The van der Waals surface area contributed by atoms with Gasteiger partial charge in [0, 0.05) is 31.5 Å². The van der Waals surface area contributed by atoms with Crippen LogP contribution in [0.1, 0.15) is 11.7 Å². The summed E-state index contributed by atoms with van der Waals surface area (Å²) < 4.78 is 7.01. The SMILES string of the molecule is ClCCc1nc2cc(Cl)cnc2n1CCc1ncno1. The van der Waals surface area contributed by atoms with E-state index in [9.17, 15) is 0 Å². The molecule has 3 aromatic heterocycles. The molecule has 3 heterocycles. The Morgan fingerprint density at radius 1 is 1.25 bits per heavy atom. The van der Waals surface area contributed by atoms with Gasteiger partial charge in [-0.15, -0.1) is 11.6 Å². The van der Waals surface area contributed by atoms with Crippen LogP contribution in [0.5, 0.6) is 0 Å². The number of aromatic nitrogens is 5. The molecule has 0 unspecified atom stereocenters. The number of hydrogen-bond acceptors (Lipinski definition) is 5. The van der Waals surface area contributed by atoms with Gasteiger partial charge in [0.2, 0.25) is 5.89 Å². The highest BCUT2D eigenvalue weighted by Crippen LogP contribution is 2.19. The zero-order valence-corrected chi connectivity index (χ0v) is 12.0. The van der Waals surface area contributed by atoms with E-state index in [-0.39, 0.29) is 0 Å². The molecule has 0 bridgehead atoms. The molecule has 0 N–H and O–H groups in total. The maximum absolute atomic E-state index is 5.94. The minimum Gasteiger partial charge on any atom is -0.340 e. The predicted octanol–water partition coefficient (Wildman–Crippen LogP) is 2.49. The van der Waals surface area contributed by atoms with Gasteiger partial charge in [0.25, 0.3) is 0 Å². The molecule has 0 aliphatic rings. The second kappa shape index (κ2) is 5.76. The Bertz CT molecular complexity index is 710. The quantitative estimate of drug-likeness (QED) is 0.677. The lowest BCUT2D eigenvalue weighted by Gasteiger charge is -2.05. The van der Waals surface area contributed by atoms with Crippen molar-refractivity contribution in [1.29, 1.82) is 0 Å². The van der Waals surface area contributed by atoms with E-state index in [2.05, 4.69) is 20.1 Å². The molecule has 3 rings (SSSR count). The maximum Gasteiger partial charge on any atom is 0.228 e. The molecule has 0 aliphatic heterocycles. The van der Waals surface area contributed by atoms with Gasteiger partial charge in [-0.2, -0.15) is 4.98 Å². The van der Waals surface area contributed by atoms with Crippen molar-refractivity contribution in [2.45, 2.75) is 19.4 Å². The van der Waals surface area contributed by atoms with Crippen LogP contribution < -0.4 is 0 Å². The molecule has 104 valence electrons. The largest absolute Gasteiger partial charge is 0.340 e. The van der Waals surface area contributed by atoms with Crippen molar-refractivity contribution < 1.29 is 4.52 Å². The number of nitrogens with zero attached hydrogens (tertiary/aromatic N) is 5. The molecule has 0 aromatic carbocycles. The molecule has 0 radical (unpaired) electrons. The summed E-state index contributed by atoms with van der Waals surface area (Å²) in [6.07, 6.45) is 4.28. The highest BCUT2D eigenvalue weighted by atomic mass is 35.5. The molecular weight excluding hydrogens is 301 g/mol. The number of halogens is 2. The van der Waals surface area contributed by atoms with Crippen molar-refractivity contribution in [2.24, 2.45) is 0 Å². The molecule has 0 fully saturated rings. The summed E-state index contributed by atoms with van der Waals surface area (Å²) >= 11 is 11.8. The first-order valence-corrected chi connectivity index (χ1v) is 7.01. The average molecular weight is 312 g/mol. The molecule has 3 aromatic rings. The molecule has 6 nitrogen and oxygen atoms in total. The fraction of sp³-hybridized carbons (Fsp3) is 0.333. The van der Waals surface area contributed by atoms with Crippen LogP contribution >= 0.6 is 23.2 Å². The lowest BCUT2D eigenvalue weighted by Crippen LogP contribution is -2.07. The van der Waals surface area contributed by atoms with Crippen LogP contribution in [0.4, 0.5) is 0 Å². The Kier molecular flexibility index (Phi) is 3.84. The van der Waals surface area contributed by atoms with Crippen molar-refractivity contribution in [1.82, 2.24) is 24.7 Å². The van der Waals surface area contributed by atoms with Gasteiger partial charge in [-0.3, -0.25) is 0 Å². The van der Waals surface area contributed by atoms with E-state index in [0.717, 1.165) is 17.0 Å². The first kappa shape index (κ1) is 13.3. The number of pyridine rings is 1. The van der Waals surface area contributed by atoms with Crippen molar-refractivity contribution in [3.8, 4) is 0 Å². The fourth-order valence-corrected chi connectivity index (χ4v) is 2.38. The number of fused-ring (bicyclic) bond motifs is 1. The third-order valence-corrected chi connectivity index (χ3v) is 3.30. The summed E-state index contributed by atoms with van der Waals surface area (Å²) in [5, 5.41) is 4.16. The second-order valence-corrected chi connectivity index (χ2v) is 5.01. The van der Waals surface area contributed by atoms with Crippen LogP contribution in [-0.2, 0) is 19.4 Å². The molecule has 0 saturated heterocycles. The Hall–Kier alpha value is -1.66. The van der Waals surface area contributed by atoms with Gasteiger partial charge in [0.1, 0.15) is 11.3 Å². The smallest absolute Gasteiger partial charge is 0.228 e. The number of imidazole rings is 1. The minimum absolute atomic E-state index is 0.498. The van der Waals surface area contributed by atoms with E-state index >= 15 is 0 Å². The second-order valence-electron chi connectivity index (χ2n) is 4.20.